The summed E-state index contributed by atoms with van der Waals surface area (Å²) in [4.78, 5) is 25.3. The minimum Gasteiger partial charge on any atom is -0.465 e. The average Bonchev–Trinajstić information content (AvgIpc) is 2.99. The molecule has 218 valence electrons. The largest absolute Gasteiger partial charge is 0.465 e. The molecule has 0 unspecified atom stereocenters. The van der Waals surface area contributed by atoms with Crippen LogP contribution in [0.15, 0.2) is 117 Å². The molecule has 0 saturated carbocycles. The van der Waals surface area contributed by atoms with Crippen molar-refractivity contribution in [3.8, 4) is 0 Å². The summed E-state index contributed by atoms with van der Waals surface area (Å²) in [6.07, 6.45) is 0. The molecule has 0 atom stereocenters. The quantitative estimate of drug-likeness (QED) is 0.221. The summed E-state index contributed by atoms with van der Waals surface area (Å²) in [5.74, 6) is -1.44. The molecule has 2 N–H and O–H groups in total. The molecule has 0 fully saturated rings. The number of hydrogen-bond donors (Lipinski definition) is 2. The van der Waals surface area contributed by atoms with Crippen LogP contribution in [0.2, 0.25) is 0 Å². The number of para-hydroxylation sites is 2. The van der Waals surface area contributed by atoms with Gasteiger partial charge in [-0.1, -0.05) is 58.4 Å². The van der Waals surface area contributed by atoms with E-state index < -0.39 is 31.9 Å². The standard InChI is InChI=1S/C29H26BrN3O7S2/c1-40-29(35)24-11-5-7-13-26(24)32-28(34)25-12-6-8-14-27(25)42(38,39)33(22-9-3-2-4-10-22)20-19-31-41(36,37)23-17-15-21(30)16-18-23/h2-18,31H,19-20H2,1H3,(H,32,34). The Morgan fingerprint density at radius 2 is 1.38 bits per heavy atom. The normalized spacial score (nSPS) is 11.5. The number of hydrogen-bond acceptors (Lipinski definition) is 7. The first kappa shape index (κ1) is 30.9. The molecule has 0 aliphatic carbocycles. The highest BCUT2D eigenvalue weighted by molar-refractivity contribution is 9.10. The number of sulfonamides is 2. The molecular formula is C29H26BrN3O7S2. The van der Waals surface area contributed by atoms with Crippen molar-refractivity contribution in [3.05, 3.63) is 119 Å². The molecule has 4 rings (SSSR count). The van der Waals surface area contributed by atoms with Crippen molar-refractivity contribution in [2.45, 2.75) is 9.79 Å². The van der Waals surface area contributed by atoms with Gasteiger partial charge in [0, 0.05) is 17.6 Å². The van der Waals surface area contributed by atoms with Gasteiger partial charge in [0.25, 0.3) is 15.9 Å². The lowest BCUT2D eigenvalue weighted by molar-refractivity contribution is 0.0602. The van der Waals surface area contributed by atoms with E-state index in [0.29, 0.717) is 4.47 Å². The maximum Gasteiger partial charge on any atom is 0.339 e. The molecule has 13 heteroatoms. The van der Waals surface area contributed by atoms with Crippen molar-refractivity contribution in [2.75, 3.05) is 29.8 Å². The van der Waals surface area contributed by atoms with E-state index in [1.165, 1.54) is 55.6 Å². The Labute approximate surface area is 252 Å². The van der Waals surface area contributed by atoms with Crippen LogP contribution >= 0.6 is 15.9 Å². The maximum absolute atomic E-state index is 14.1. The zero-order valence-corrected chi connectivity index (χ0v) is 25.4. The second kappa shape index (κ2) is 13.3. The number of amides is 1. The molecule has 0 aliphatic rings. The number of ether oxygens (including phenoxy) is 1. The number of halogens is 1. The van der Waals surface area contributed by atoms with Crippen LogP contribution in [0.1, 0.15) is 20.7 Å². The number of methoxy groups -OCH3 is 1. The van der Waals surface area contributed by atoms with E-state index in [1.807, 2.05) is 0 Å². The molecule has 0 spiro atoms. The number of esters is 1. The molecule has 1 amide bonds. The van der Waals surface area contributed by atoms with E-state index in [-0.39, 0.29) is 45.4 Å². The second-order valence-electron chi connectivity index (χ2n) is 8.75. The predicted octanol–water partition coefficient (Wildman–Crippen LogP) is 4.66. The molecule has 0 aromatic heterocycles. The van der Waals surface area contributed by atoms with E-state index in [2.05, 4.69) is 26.0 Å². The van der Waals surface area contributed by atoms with Crippen molar-refractivity contribution < 1.29 is 31.2 Å². The summed E-state index contributed by atoms with van der Waals surface area (Å²) in [5, 5.41) is 2.60. The molecular weight excluding hydrogens is 646 g/mol. The summed E-state index contributed by atoms with van der Waals surface area (Å²) >= 11 is 3.26. The van der Waals surface area contributed by atoms with Gasteiger partial charge < -0.3 is 10.1 Å². The van der Waals surface area contributed by atoms with Crippen LogP contribution in [-0.2, 0) is 24.8 Å². The van der Waals surface area contributed by atoms with Crippen LogP contribution in [0.3, 0.4) is 0 Å². The fourth-order valence-corrected chi connectivity index (χ4v) is 6.97. The van der Waals surface area contributed by atoms with Crippen molar-refractivity contribution in [3.63, 3.8) is 0 Å². The van der Waals surface area contributed by atoms with Crippen LogP contribution in [0.25, 0.3) is 0 Å². The molecule has 0 saturated heterocycles. The minimum atomic E-state index is -4.40. The zero-order chi connectivity index (χ0) is 30.3. The van der Waals surface area contributed by atoms with E-state index in [4.69, 9.17) is 4.74 Å². The number of carbonyl (C=O) groups is 2. The Hall–Kier alpha value is -4.04. The SMILES string of the molecule is COC(=O)c1ccccc1NC(=O)c1ccccc1S(=O)(=O)N(CCNS(=O)(=O)c1ccc(Br)cc1)c1ccccc1. The molecule has 42 heavy (non-hydrogen) atoms. The van der Waals surface area contributed by atoms with Gasteiger partial charge >= 0.3 is 5.97 Å². The Kier molecular flexibility index (Phi) is 9.78. The highest BCUT2D eigenvalue weighted by Gasteiger charge is 2.30. The maximum atomic E-state index is 14.1. The lowest BCUT2D eigenvalue weighted by atomic mass is 10.1. The van der Waals surface area contributed by atoms with Crippen LogP contribution < -0.4 is 14.3 Å². The van der Waals surface area contributed by atoms with E-state index in [1.54, 1.807) is 54.6 Å². The Morgan fingerprint density at radius 3 is 2.05 bits per heavy atom. The third-order valence-electron chi connectivity index (χ3n) is 6.06. The summed E-state index contributed by atoms with van der Waals surface area (Å²) < 4.78 is 62.8. The summed E-state index contributed by atoms with van der Waals surface area (Å²) in [5.41, 5.74) is 0.335. The minimum absolute atomic E-state index is 0.0223. The monoisotopic (exact) mass is 671 g/mol. The molecule has 0 radical (unpaired) electrons. The van der Waals surface area contributed by atoms with Crippen LogP contribution in [0, 0.1) is 0 Å². The lowest BCUT2D eigenvalue weighted by Gasteiger charge is -2.25. The predicted molar refractivity (Wildman–Crippen MR) is 162 cm³/mol. The second-order valence-corrected chi connectivity index (χ2v) is 13.3. The number of benzene rings is 4. The van der Waals surface area contributed by atoms with Gasteiger partial charge in [0.1, 0.15) is 4.90 Å². The van der Waals surface area contributed by atoms with Gasteiger partial charge in [0.2, 0.25) is 10.0 Å². The number of carbonyl (C=O) groups excluding carboxylic acids is 2. The molecule has 0 aliphatic heterocycles. The van der Waals surface area contributed by atoms with Crippen LogP contribution in [0.5, 0.6) is 0 Å². The fourth-order valence-electron chi connectivity index (χ4n) is 4.03. The van der Waals surface area contributed by atoms with Gasteiger partial charge in [0.15, 0.2) is 0 Å². The molecule has 10 nitrogen and oxygen atoms in total. The third kappa shape index (κ3) is 7.05. The first-order chi connectivity index (χ1) is 20.0. The highest BCUT2D eigenvalue weighted by Crippen LogP contribution is 2.27. The summed E-state index contributed by atoms with van der Waals surface area (Å²) in [6.45, 7) is -0.531. The Morgan fingerprint density at radius 1 is 0.786 bits per heavy atom. The number of nitrogens with one attached hydrogen (secondary N) is 2. The van der Waals surface area contributed by atoms with Gasteiger partial charge in [-0.15, -0.1) is 0 Å². The number of nitrogens with zero attached hydrogens (tertiary/aromatic N) is 1. The first-order valence-electron chi connectivity index (χ1n) is 12.5. The summed E-state index contributed by atoms with van der Waals surface area (Å²) in [7, 11) is -7.12. The van der Waals surface area contributed by atoms with E-state index in [0.717, 1.165) is 4.31 Å². The third-order valence-corrected chi connectivity index (χ3v) is 9.95. The van der Waals surface area contributed by atoms with Gasteiger partial charge in [0.05, 0.1) is 34.5 Å². The molecule has 4 aromatic carbocycles. The topological polar surface area (TPSA) is 139 Å². The molecule has 0 bridgehead atoms. The fraction of sp³-hybridized carbons (Fsp3) is 0.103. The molecule has 0 heterocycles. The van der Waals surface area contributed by atoms with Crippen molar-refractivity contribution in [1.82, 2.24) is 4.72 Å². The van der Waals surface area contributed by atoms with Crippen LogP contribution in [0.4, 0.5) is 11.4 Å². The highest BCUT2D eigenvalue weighted by atomic mass is 79.9. The van der Waals surface area contributed by atoms with Gasteiger partial charge in [-0.3, -0.25) is 9.10 Å². The van der Waals surface area contributed by atoms with Gasteiger partial charge in [-0.25, -0.2) is 26.4 Å². The van der Waals surface area contributed by atoms with Crippen molar-refractivity contribution in [1.29, 1.82) is 0 Å². The number of rotatable bonds is 11. The van der Waals surface area contributed by atoms with Crippen molar-refractivity contribution in [2.24, 2.45) is 0 Å². The summed E-state index contributed by atoms with van der Waals surface area (Å²) in [6, 6.07) is 25.9. The van der Waals surface area contributed by atoms with E-state index in [9.17, 15) is 26.4 Å². The first-order valence-corrected chi connectivity index (χ1v) is 16.2. The average molecular weight is 673 g/mol. The van der Waals surface area contributed by atoms with Crippen LogP contribution in [-0.4, -0.2) is 48.9 Å². The Balaban J connectivity index is 1.65. The zero-order valence-electron chi connectivity index (χ0n) is 22.2. The van der Waals surface area contributed by atoms with Crippen molar-refractivity contribution >= 4 is 59.2 Å². The van der Waals surface area contributed by atoms with Gasteiger partial charge in [-0.2, -0.15) is 0 Å². The van der Waals surface area contributed by atoms with E-state index >= 15 is 0 Å². The van der Waals surface area contributed by atoms with Gasteiger partial charge in [-0.05, 0) is 60.7 Å². The molecule has 4 aromatic rings. The number of anilines is 2. The smallest absolute Gasteiger partial charge is 0.339 e. The lowest BCUT2D eigenvalue weighted by Crippen LogP contribution is -2.39. The Bertz CT molecular complexity index is 1800.